The molecule has 0 amide bonds. The van der Waals surface area contributed by atoms with Crippen LogP contribution in [-0.4, -0.2) is 22.9 Å². The zero-order chi connectivity index (χ0) is 14.2. The molecule has 4 nitrogen and oxygen atoms in total. The van der Waals surface area contributed by atoms with E-state index in [0.29, 0.717) is 21.4 Å². The van der Waals surface area contributed by atoms with Gasteiger partial charge < -0.3 is 9.84 Å². The Morgan fingerprint density at radius 2 is 2.11 bits per heavy atom. The highest BCUT2D eigenvalue weighted by molar-refractivity contribution is 6.35. The summed E-state index contributed by atoms with van der Waals surface area (Å²) in [5.74, 6) is -0.714. The van der Waals surface area contributed by atoms with Gasteiger partial charge in [-0.05, 0) is 32.0 Å². The molecule has 0 saturated carbocycles. The average Bonchev–Trinajstić information content (AvgIpc) is 2.58. The average molecular weight is 300 g/mol. The van der Waals surface area contributed by atoms with Crippen molar-refractivity contribution in [2.75, 3.05) is 0 Å². The number of esters is 1. The molecule has 0 radical (unpaired) electrons. The molecule has 1 aromatic carbocycles. The first-order valence-electron chi connectivity index (χ1n) is 5.55. The second-order valence-corrected chi connectivity index (χ2v) is 4.94. The molecular weight excluding hydrogens is 289 g/mol. The van der Waals surface area contributed by atoms with Crippen LogP contribution in [0.1, 0.15) is 13.8 Å². The molecule has 1 aromatic rings. The fraction of sp³-hybridized carbons (Fsp3) is 0.231. The van der Waals surface area contributed by atoms with E-state index < -0.39 is 12.1 Å². The highest BCUT2D eigenvalue weighted by Gasteiger charge is 2.32. The summed E-state index contributed by atoms with van der Waals surface area (Å²) in [5, 5.41) is 10.7. The standard InChI is InChI=1S/C13H11Cl2NO3/c1-6(11-12(17)7(2)19-13(11)18)16-10-5-8(14)3-4-9(10)15/h3-5,7,17H,1-2H3/t7-/m0/s1. The Kier molecular flexibility index (Phi) is 3.83. The Morgan fingerprint density at radius 3 is 2.68 bits per heavy atom. The van der Waals surface area contributed by atoms with Crippen molar-refractivity contribution in [3.05, 3.63) is 39.6 Å². The number of nitrogens with zero attached hydrogens (tertiary/aromatic N) is 1. The molecule has 0 spiro atoms. The summed E-state index contributed by atoms with van der Waals surface area (Å²) in [5.41, 5.74) is 0.832. The molecule has 1 aliphatic heterocycles. The van der Waals surface area contributed by atoms with Gasteiger partial charge in [0.15, 0.2) is 6.10 Å². The Morgan fingerprint density at radius 1 is 1.42 bits per heavy atom. The van der Waals surface area contributed by atoms with E-state index in [0.717, 1.165) is 0 Å². The Hall–Kier alpha value is -1.52. The van der Waals surface area contributed by atoms with Gasteiger partial charge in [-0.2, -0.15) is 0 Å². The lowest BCUT2D eigenvalue weighted by molar-refractivity contribution is -0.139. The van der Waals surface area contributed by atoms with Gasteiger partial charge in [0.05, 0.1) is 16.4 Å². The molecule has 0 unspecified atom stereocenters. The molecule has 1 aliphatic rings. The molecule has 0 aliphatic carbocycles. The number of carbonyl (C=O) groups is 1. The Balaban J connectivity index is 2.44. The van der Waals surface area contributed by atoms with Crippen molar-refractivity contribution >= 4 is 40.6 Å². The fourth-order valence-corrected chi connectivity index (χ4v) is 2.05. The molecule has 1 atom stereocenters. The summed E-state index contributed by atoms with van der Waals surface area (Å²) in [4.78, 5) is 15.8. The van der Waals surface area contributed by atoms with Crippen molar-refractivity contribution in [3.63, 3.8) is 0 Å². The van der Waals surface area contributed by atoms with E-state index in [1.54, 1.807) is 32.0 Å². The van der Waals surface area contributed by atoms with Crippen LogP contribution in [0.2, 0.25) is 10.0 Å². The van der Waals surface area contributed by atoms with Crippen molar-refractivity contribution < 1.29 is 14.6 Å². The smallest absolute Gasteiger partial charge is 0.344 e. The first kappa shape index (κ1) is 13.9. The molecule has 0 aromatic heterocycles. The maximum absolute atomic E-state index is 11.6. The monoisotopic (exact) mass is 299 g/mol. The van der Waals surface area contributed by atoms with Gasteiger partial charge in [0, 0.05) is 5.02 Å². The largest absolute Gasteiger partial charge is 0.507 e. The van der Waals surface area contributed by atoms with E-state index in [4.69, 9.17) is 27.9 Å². The van der Waals surface area contributed by atoms with Crippen LogP contribution < -0.4 is 0 Å². The number of benzene rings is 1. The number of hydrogen-bond donors (Lipinski definition) is 1. The lowest BCUT2D eigenvalue weighted by Gasteiger charge is -2.02. The number of ether oxygens (including phenoxy) is 1. The van der Waals surface area contributed by atoms with E-state index in [1.807, 2.05) is 0 Å². The molecule has 0 saturated heterocycles. The molecule has 6 heteroatoms. The van der Waals surface area contributed by atoms with Crippen molar-refractivity contribution in [2.45, 2.75) is 20.0 Å². The maximum Gasteiger partial charge on any atom is 0.344 e. The number of aliphatic hydroxyl groups excluding tert-OH is 1. The second kappa shape index (κ2) is 5.23. The van der Waals surface area contributed by atoms with Crippen molar-refractivity contribution in [3.8, 4) is 0 Å². The van der Waals surface area contributed by atoms with Crippen molar-refractivity contribution in [1.29, 1.82) is 0 Å². The lowest BCUT2D eigenvalue weighted by atomic mass is 10.1. The minimum absolute atomic E-state index is 0.0727. The highest BCUT2D eigenvalue weighted by atomic mass is 35.5. The summed E-state index contributed by atoms with van der Waals surface area (Å²) < 4.78 is 4.90. The maximum atomic E-state index is 11.6. The normalized spacial score (nSPS) is 19.9. The van der Waals surface area contributed by atoms with Crippen molar-refractivity contribution in [1.82, 2.24) is 0 Å². The minimum atomic E-state index is -0.650. The molecule has 0 bridgehead atoms. The van der Waals surface area contributed by atoms with Gasteiger partial charge >= 0.3 is 5.97 Å². The van der Waals surface area contributed by atoms with Crippen LogP contribution in [0.15, 0.2) is 34.5 Å². The van der Waals surface area contributed by atoms with E-state index in [1.165, 1.54) is 0 Å². The van der Waals surface area contributed by atoms with E-state index in [9.17, 15) is 9.90 Å². The van der Waals surface area contributed by atoms with Crippen molar-refractivity contribution in [2.24, 2.45) is 4.99 Å². The van der Waals surface area contributed by atoms with E-state index in [2.05, 4.69) is 4.99 Å². The van der Waals surface area contributed by atoms with Crippen LogP contribution in [0.4, 0.5) is 5.69 Å². The van der Waals surface area contributed by atoms with E-state index >= 15 is 0 Å². The summed E-state index contributed by atoms with van der Waals surface area (Å²) in [6, 6.07) is 4.83. The Labute approximate surface area is 120 Å². The number of aliphatic imine (C=N–C) groups is 1. The predicted molar refractivity (Wildman–Crippen MR) is 74.4 cm³/mol. The molecule has 100 valence electrons. The third-order valence-electron chi connectivity index (χ3n) is 2.69. The van der Waals surface area contributed by atoms with Crippen LogP contribution in [0, 0.1) is 0 Å². The van der Waals surface area contributed by atoms with Crippen LogP contribution in [0.5, 0.6) is 0 Å². The summed E-state index contributed by atoms with van der Waals surface area (Å²) >= 11 is 11.8. The molecule has 2 rings (SSSR count). The molecular formula is C13H11Cl2NO3. The third-order valence-corrected chi connectivity index (χ3v) is 3.24. The summed E-state index contributed by atoms with van der Waals surface area (Å²) in [6.07, 6.45) is -0.650. The topological polar surface area (TPSA) is 58.9 Å². The number of carbonyl (C=O) groups excluding carboxylic acids is 1. The van der Waals surface area contributed by atoms with Gasteiger partial charge in [0.25, 0.3) is 0 Å². The van der Waals surface area contributed by atoms with Crippen LogP contribution in [0.25, 0.3) is 0 Å². The first-order chi connectivity index (χ1) is 8.90. The zero-order valence-electron chi connectivity index (χ0n) is 10.3. The first-order valence-corrected chi connectivity index (χ1v) is 6.30. The van der Waals surface area contributed by atoms with Gasteiger partial charge in [-0.3, -0.25) is 4.99 Å². The SMILES string of the molecule is CC(=Nc1cc(Cl)ccc1Cl)C1=C(O)[C@H](C)OC1=O. The quantitative estimate of drug-likeness (QED) is 0.666. The lowest BCUT2D eigenvalue weighted by Crippen LogP contribution is -2.08. The molecule has 1 heterocycles. The van der Waals surface area contributed by atoms with Gasteiger partial charge in [0.2, 0.25) is 0 Å². The molecule has 19 heavy (non-hydrogen) atoms. The number of hydrogen-bond acceptors (Lipinski definition) is 4. The predicted octanol–water partition coefficient (Wildman–Crippen LogP) is 3.84. The second-order valence-electron chi connectivity index (χ2n) is 4.10. The molecule has 0 fully saturated rings. The van der Waals surface area contributed by atoms with Gasteiger partial charge in [-0.1, -0.05) is 23.2 Å². The Bertz CT molecular complexity index is 608. The number of aliphatic hydroxyl groups is 1. The molecule has 1 N–H and O–H groups in total. The summed E-state index contributed by atoms with van der Waals surface area (Å²) in [6.45, 7) is 3.18. The van der Waals surface area contributed by atoms with E-state index in [-0.39, 0.29) is 11.3 Å². The van der Waals surface area contributed by atoms with Gasteiger partial charge in [0.1, 0.15) is 11.3 Å². The fourth-order valence-electron chi connectivity index (χ4n) is 1.72. The minimum Gasteiger partial charge on any atom is -0.507 e. The van der Waals surface area contributed by atoms with Crippen LogP contribution in [0.3, 0.4) is 0 Å². The van der Waals surface area contributed by atoms with Crippen LogP contribution in [-0.2, 0) is 9.53 Å². The highest BCUT2D eigenvalue weighted by Crippen LogP contribution is 2.30. The third kappa shape index (κ3) is 2.74. The van der Waals surface area contributed by atoms with Gasteiger partial charge in [-0.25, -0.2) is 4.79 Å². The number of rotatable bonds is 2. The number of halogens is 2. The summed E-state index contributed by atoms with van der Waals surface area (Å²) in [7, 11) is 0. The number of cyclic esters (lactones) is 1. The zero-order valence-corrected chi connectivity index (χ0v) is 11.8. The van der Waals surface area contributed by atoms with Gasteiger partial charge in [-0.15, -0.1) is 0 Å². The van der Waals surface area contributed by atoms with Crippen LogP contribution >= 0.6 is 23.2 Å².